The second-order valence-electron chi connectivity index (χ2n) is 3.52. The molecule has 2 aromatic rings. The van der Waals surface area contributed by atoms with Gasteiger partial charge in [0.25, 0.3) is 0 Å². The van der Waals surface area contributed by atoms with Crippen molar-refractivity contribution in [2.45, 2.75) is 0 Å². The summed E-state index contributed by atoms with van der Waals surface area (Å²) >= 11 is 0. The Morgan fingerprint density at radius 3 is 2.72 bits per heavy atom. The van der Waals surface area contributed by atoms with E-state index in [-0.39, 0.29) is 5.82 Å². The Hall–Kier alpha value is -2.34. The Labute approximate surface area is 104 Å². The third kappa shape index (κ3) is 2.67. The number of nitrogen functional groups attached to an aromatic ring is 1. The maximum absolute atomic E-state index is 13.0. The first-order valence-corrected chi connectivity index (χ1v) is 5.27. The standard InChI is InChI=1S/C12H13FN4O/c1-18-10-7-8(13)5-6-9(10)15-11-3-2-4-12(16-11)17-14/h2-7H,14H2,1H3,(H2,15,16,17). The minimum atomic E-state index is -0.359. The number of nitrogens with two attached hydrogens (primary N) is 1. The SMILES string of the molecule is COc1cc(F)ccc1Nc1cccc(NN)n1. The predicted octanol–water partition coefficient (Wildman–Crippen LogP) is 2.26. The van der Waals surface area contributed by atoms with Crippen molar-refractivity contribution >= 4 is 17.3 Å². The van der Waals surface area contributed by atoms with Crippen molar-refractivity contribution < 1.29 is 9.13 Å². The van der Waals surface area contributed by atoms with Gasteiger partial charge in [0.1, 0.15) is 23.2 Å². The number of nitrogens with one attached hydrogen (secondary N) is 2. The highest BCUT2D eigenvalue weighted by Gasteiger charge is 2.05. The van der Waals surface area contributed by atoms with Crippen LogP contribution in [-0.4, -0.2) is 12.1 Å². The summed E-state index contributed by atoms with van der Waals surface area (Å²) in [6, 6.07) is 9.51. The summed E-state index contributed by atoms with van der Waals surface area (Å²) in [7, 11) is 1.48. The molecule has 0 aliphatic heterocycles. The van der Waals surface area contributed by atoms with Crippen molar-refractivity contribution in [1.82, 2.24) is 4.98 Å². The number of ether oxygens (including phenoxy) is 1. The summed E-state index contributed by atoms with van der Waals surface area (Å²) in [6.07, 6.45) is 0. The Bertz CT molecular complexity index is 547. The fourth-order valence-corrected chi connectivity index (χ4v) is 1.49. The maximum atomic E-state index is 13.0. The molecule has 0 aliphatic rings. The molecule has 0 spiro atoms. The number of benzene rings is 1. The average Bonchev–Trinajstić information content (AvgIpc) is 2.41. The number of hydrazine groups is 1. The maximum Gasteiger partial charge on any atom is 0.145 e. The van der Waals surface area contributed by atoms with Crippen molar-refractivity contribution in [3.05, 3.63) is 42.2 Å². The second-order valence-corrected chi connectivity index (χ2v) is 3.52. The van der Waals surface area contributed by atoms with Gasteiger partial charge in [0.15, 0.2) is 0 Å². The highest BCUT2D eigenvalue weighted by Crippen LogP contribution is 2.27. The van der Waals surface area contributed by atoms with Crippen LogP contribution in [0.2, 0.25) is 0 Å². The summed E-state index contributed by atoms with van der Waals surface area (Å²) in [5.41, 5.74) is 3.07. The largest absolute Gasteiger partial charge is 0.494 e. The van der Waals surface area contributed by atoms with Crippen LogP contribution in [0.25, 0.3) is 0 Å². The number of methoxy groups -OCH3 is 1. The van der Waals surface area contributed by atoms with Crippen LogP contribution in [-0.2, 0) is 0 Å². The van der Waals surface area contributed by atoms with Gasteiger partial charge in [-0.25, -0.2) is 15.2 Å². The van der Waals surface area contributed by atoms with E-state index in [0.29, 0.717) is 23.1 Å². The number of hydrogen-bond donors (Lipinski definition) is 3. The molecule has 0 atom stereocenters. The lowest BCUT2D eigenvalue weighted by molar-refractivity contribution is 0.413. The van der Waals surface area contributed by atoms with Gasteiger partial charge in [0.05, 0.1) is 12.8 Å². The van der Waals surface area contributed by atoms with Crippen LogP contribution < -0.4 is 21.3 Å². The molecule has 0 amide bonds. The minimum Gasteiger partial charge on any atom is -0.494 e. The van der Waals surface area contributed by atoms with Crippen LogP contribution in [0.3, 0.4) is 0 Å². The van der Waals surface area contributed by atoms with Crippen molar-refractivity contribution in [1.29, 1.82) is 0 Å². The quantitative estimate of drug-likeness (QED) is 0.571. The smallest absolute Gasteiger partial charge is 0.145 e. The van der Waals surface area contributed by atoms with Gasteiger partial charge in [-0.1, -0.05) is 6.07 Å². The number of aromatic nitrogens is 1. The summed E-state index contributed by atoms with van der Waals surface area (Å²) in [5, 5.41) is 3.03. The lowest BCUT2D eigenvalue weighted by Crippen LogP contribution is -2.09. The van der Waals surface area contributed by atoms with Crippen LogP contribution >= 0.6 is 0 Å². The van der Waals surface area contributed by atoms with Crippen LogP contribution in [0.15, 0.2) is 36.4 Å². The van der Waals surface area contributed by atoms with E-state index in [1.165, 1.54) is 19.2 Å². The van der Waals surface area contributed by atoms with Crippen molar-refractivity contribution in [2.75, 3.05) is 17.9 Å². The molecule has 94 valence electrons. The Morgan fingerprint density at radius 1 is 1.22 bits per heavy atom. The first kappa shape index (κ1) is 12.1. The molecular weight excluding hydrogens is 235 g/mol. The first-order valence-electron chi connectivity index (χ1n) is 5.27. The number of hydrogen-bond acceptors (Lipinski definition) is 5. The lowest BCUT2D eigenvalue weighted by Gasteiger charge is -2.11. The fraction of sp³-hybridized carbons (Fsp3) is 0.0833. The molecule has 2 rings (SSSR count). The van der Waals surface area contributed by atoms with Gasteiger partial charge < -0.3 is 15.5 Å². The van der Waals surface area contributed by atoms with E-state index < -0.39 is 0 Å². The minimum absolute atomic E-state index is 0.359. The molecule has 0 saturated carbocycles. The molecule has 1 heterocycles. The Kier molecular flexibility index (Phi) is 3.59. The van der Waals surface area contributed by atoms with Gasteiger partial charge in [-0.2, -0.15) is 0 Å². The molecule has 1 aromatic carbocycles. The number of nitrogens with zero attached hydrogens (tertiary/aromatic N) is 1. The Morgan fingerprint density at radius 2 is 2.00 bits per heavy atom. The Balaban J connectivity index is 2.27. The van der Waals surface area contributed by atoms with Gasteiger partial charge in [-0.3, -0.25) is 0 Å². The van der Waals surface area contributed by atoms with Crippen LogP contribution in [0, 0.1) is 5.82 Å². The van der Waals surface area contributed by atoms with Crippen LogP contribution in [0.4, 0.5) is 21.7 Å². The van der Waals surface area contributed by atoms with E-state index in [2.05, 4.69) is 15.7 Å². The number of halogens is 1. The summed E-state index contributed by atoms with van der Waals surface area (Å²) in [6.45, 7) is 0. The van der Waals surface area contributed by atoms with E-state index in [1.54, 1.807) is 24.3 Å². The number of anilines is 3. The summed E-state index contributed by atoms with van der Waals surface area (Å²) in [4.78, 5) is 4.19. The molecule has 18 heavy (non-hydrogen) atoms. The average molecular weight is 248 g/mol. The van der Waals surface area contributed by atoms with Gasteiger partial charge in [0, 0.05) is 6.07 Å². The van der Waals surface area contributed by atoms with Crippen LogP contribution in [0.5, 0.6) is 5.75 Å². The summed E-state index contributed by atoms with van der Waals surface area (Å²) in [5.74, 6) is 6.43. The molecule has 0 unspecified atom stereocenters. The lowest BCUT2D eigenvalue weighted by atomic mass is 10.2. The topological polar surface area (TPSA) is 72.2 Å². The molecule has 0 saturated heterocycles. The zero-order chi connectivity index (χ0) is 13.0. The molecule has 4 N–H and O–H groups in total. The number of pyridine rings is 1. The molecule has 0 fully saturated rings. The zero-order valence-corrected chi connectivity index (χ0v) is 9.77. The van der Waals surface area contributed by atoms with E-state index in [4.69, 9.17) is 10.6 Å². The third-order valence-corrected chi connectivity index (χ3v) is 2.32. The molecule has 0 bridgehead atoms. The fourth-order valence-electron chi connectivity index (χ4n) is 1.49. The van der Waals surface area contributed by atoms with Crippen molar-refractivity contribution in [3.8, 4) is 5.75 Å². The number of rotatable bonds is 4. The first-order chi connectivity index (χ1) is 8.72. The molecule has 5 nitrogen and oxygen atoms in total. The van der Waals surface area contributed by atoms with Crippen LogP contribution in [0.1, 0.15) is 0 Å². The molecule has 0 aliphatic carbocycles. The van der Waals surface area contributed by atoms with Gasteiger partial charge in [-0.05, 0) is 24.3 Å². The third-order valence-electron chi connectivity index (χ3n) is 2.32. The normalized spacial score (nSPS) is 9.94. The van der Waals surface area contributed by atoms with Gasteiger partial charge >= 0.3 is 0 Å². The van der Waals surface area contributed by atoms with Crippen molar-refractivity contribution in [3.63, 3.8) is 0 Å². The van der Waals surface area contributed by atoms with Gasteiger partial charge in [0.2, 0.25) is 0 Å². The summed E-state index contributed by atoms with van der Waals surface area (Å²) < 4.78 is 18.1. The molecular formula is C12H13FN4O. The van der Waals surface area contributed by atoms with E-state index in [0.717, 1.165) is 0 Å². The predicted molar refractivity (Wildman–Crippen MR) is 68.3 cm³/mol. The molecule has 6 heteroatoms. The zero-order valence-electron chi connectivity index (χ0n) is 9.77. The van der Waals surface area contributed by atoms with E-state index in [1.807, 2.05) is 0 Å². The monoisotopic (exact) mass is 248 g/mol. The van der Waals surface area contributed by atoms with E-state index in [9.17, 15) is 4.39 Å². The van der Waals surface area contributed by atoms with Crippen molar-refractivity contribution in [2.24, 2.45) is 5.84 Å². The van der Waals surface area contributed by atoms with E-state index >= 15 is 0 Å². The van der Waals surface area contributed by atoms with Gasteiger partial charge in [-0.15, -0.1) is 0 Å². The second kappa shape index (κ2) is 5.33. The highest BCUT2D eigenvalue weighted by molar-refractivity contribution is 5.64. The molecule has 0 radical (unpaired) electrons. The highest BCUT2D eigenvalue weighted by atomic mass is 19.1. The molecule has 1 aromatic heterocycles.